The van der Waals surface area contributed by atoms with Crippen molar-refractivity contribution in [3.05, 3.63) is 28.8 Å². The van der Waals surface area contributed by atoms with Crippen LogP contribution < -0.4 is 11.1 Å². The fourth-order valence-corrected chi connectivity index (χ4v) is 2.01. The normalized spacial score (nSPS) is 10.4. The van der Waals surface area contributed by atoms with Crippen LogP contribution in [0.15, 0.2) is 12.1 Å². The van der Waals surface area contributed by atoms with E-state index in [9.17, 15) is 4.79 Å². The van der Waals surface area contributed by atoms with Crippen LogP contribution >= 0.6 is 0 Å². The number of hydrogen-bond acceptors (Lipinski definition) is 2. The molecule has 1 amide bonds. The average molecular weight is 234 g/mol. The molecule has 0 saturated heterocycles. The Morgan fingerprint density at radius 1 is 1.18 bits per heavy atom. The third kappa shape index (κ3) is 4.19. The molecule has 0 fully saturated rings. The zero-order valence-corrected chi connectivity index (χ0v) is 11.0. The number of carbonyl (C=O) groups excluding carboxylic acids is 1. The van der Waals surface area contributed by atoms with E-state index in [0.717, 1.165) is 29.7 Å². The molecule has 0 bridgehead atoms. The Hall–Kier alpha value is -1.35. The zero-order valence-electron chi connectivity index (χ0n) is 11.0. The van der Waals surface area contributed by atoms with Crippen molar-refractivity contribution in [3.8, 4) is 0 Å². The lowest BCUT2D eigenvalue weighted by atomic mass is 10.0. The second-order valence-electron chi connectivity index (χ2n) is 4.57. The second kappa shape index (κ2) is 6.40. The number of aryl methyl sites for hydroxylation is 3. The number of nitrogens with one attached hydrogen (secondary N) is 1. The number of hydrogen-bond donors (Lipinski definition) is 2. The van der Waals surface area contributed by atoms with Crippen LogP contribution in [0.25, 0.3) is 0 Å². The Morgan fingerprint density at radius 3 is 2.29 bits per heavy atom. The van der Waals surface area contributed by atoms with Crippen LogP contribution in [-0.4, -0.2) is 12.5 Å². The molecule has 0 atom stereocenters. The molecule has 0 aromatic heterocycles. The highest BCUT2D eigenvalue weighted by atomic mass is 16.1. The molecule has 1 rings (SSSR count). The summed E-state index contributed by atoms with van der Waals surface area (Å²) in [6, 6.07) is 4.17. The third-order valence-electron chi connectivity index (χ3n) is 2.80. The maximum Gasteiger partial charge on any atom is 0.224 e. The molecule has 0 heterocycles. The van der Waals surface area contributed by atoms with E-state index < -0.39 is 0 Å². The van der Waals surface area contributed by atoms with Gasteiger partial charge in [0.2, 0.25) is 5.91 Å². The second-order valence-corrected chi connectivity index (χ2v) is 4.57. The monoisotopic (exact) mass is 234 g/mol. The van der Waals surface area contributed by atoms with Crippen molar-refractivity contribution >= 4 is 11.6 Å². The van der Waals surface area contributed by atoms with E-state index in [0.29, 0.717) is 13.0 Å². The van der Waals surface area contributed by atoms with Crippen molar-refractivity contribution < 1.29 is 4.79 Å². The predicted octanol–water partition coefficient (Wildman–Crippen LogP) is 2.68. The number of carbonyl (C=O) groups is 1. The van der Waals surface area contributed by atoms with Crippen LogP contribution in [0, 0.1) is 20.8 Å². The molecule has 3 N–H and O–H groups in total. The lowest BCUT2D eigenvalue weighted by Crippen LogP contribution is -2.14. The molecular weight excluding hydrogens is 212 g/mol. The molecule has 0 spiro atoms. The van der Waals surface area contributed by atoms with Crippen LogP contribution in [0.2, 0.25) is 0 Å². The minimum Gasteiger partial charge on any atom is -0.330 e. The molecule has 3 heteroatoms. The summed E-state index contributed by atoms with van der Waals surface area (Å²) < 4.78 is 0. The molecule has 1 aromatic carbocycles. The standard InChI is InChI=1S/C14H22N2O/c1-10-8-11(2)14(12(3)9-10)16-13(17)6-4-5-7-15/h8-9H,4-7,15H2,1-3H3,(H,16,17). The Bertz CT molecular complexity index is 376. The van der Waals surface area contributed by atoms with Crippen molar-refractivity contribution in [2.45, 2.75) is 40.0 Å². The molecular formula is C14H22N2O. The summed E-state index contributed by atoms with van der Waals surface area (Å²) >= 11 is 0. The van der Waals surface area contributed by atoms with E-state index in [4.69, 9.17) is 5.73 Å². The molecule has 0 aliphatic carbocycles. The summed E-state index contributed by atoms with van der Waals surface area (Å²) in [4.78, 5) is 11.7. The maximum atomic E-state index is 11.7. The van der Waals surface area contributed by atoms with Gasteiger partial charge in [0.1, 0.15) is 0 Å². The molecule has 0 aliphatic rings. The minimum absolute atomic E-state index is 0.0773. The van der Waals surface area contributed by atoms with E-state index >= 15 is 0 Å². The molecule has 0 aliphatic heterocycles. The van der Waals surface area contributed by atoms with Crippen LogP contribution in [0.3, 0.4) is 0 Å². The zero-order chi connectivity index (χ0) is 12.8. The third-order valence-corrected chi connectivity index (χ3v) is 2.80. The minimum atomic E-state index is 0.0773. The van der Waals surface area contributed by atoms with Crippen LogP contribution in [0.1, 0.15) is 36.0 Å². The Morgan fingerprint density at radius 2 is 1.76 bits per heavy atom. The maximum absolute atomic E-state index is 11.7. The number of nitrogens with two attached hydrogens (primary N) is 1. The molecule has 17 heavy (non-hydrogen) atoms. The average Bonchev–Trinajstić information content (AvgIpc) is 2.24. The van der Waals surface area contributed by atoms with Gasteiger partial charge < -0.3 is 11.1 Å². The number of benzene rings is 1. The van der Waals surface area contributed by atoms with Gasteiger partial charge in [0.05, 0.1) is 0 Å². The summed E-state index contributed by atoms with van der Waals surface area (Å²) in [7, 11) is 0. The van der Waals surface area contributed by atoms with Gasteiger partial charge in [-0.25, -0.2) is 0 Å². The number of amides is 1. The van der Waals surface area contributed by atoms with Gasteiger partial charge in [-0.2, -0.15) is 0 Å². The van der Waals surface area contributed by atoms with Gasteiger partial charge in [-0.05, 0) is 51.3 Å². The van der Waals surface area contributed by atoms with Gasteiger partial charge in [0, 0.05) is 12.1 Å². The van der Waals surface area contributed by atoms with Gasteiger partial charge in [-0.1, -0.05) is 17.7 Å². The Labute approximate surface area is 103 Å². The van der Waals surface area contributed by atoms with Gasteiger partial charge in [-0.3, -0.25) is 4.79 Å². The molecule has 1 aromatic rings. The molecule has 0 radical (unpaired) electrons. The van der Waals surface area contributed by atoms with Crippen molar-refractivity contribution in [3.63, 3.8) is 0 Å². The van der Waals surface area contributed by atoms with Crippen LogP contribution in [0.4, 0.5) is 5.69 Å². The van der Waals surface area contributed by atoms with E-state index in [2.05, 4.69) is 24.4 Å². The summed E-state index contributed by atoms with van der Waals surface area (Å²) in [6.45, 7) is 6.76. The van der Waals surface area contributed by atoms with Crippen LogP contribution in [-0.2, 0) is 4.79 Å². The summed E-state index contributed by atoms with van der Waals surface area (Å²) in [5.41, 5.74) is 9.82. The summed E-state index contributed by atoms with van der Waals surface area (Å²) in [5, 5.41) is 2.98. The van der Waals surface area contributed by atoms with E-state index in [1.165, 1.54) is 5.56 Å². The highest BCUT2D eigenvalue weighted by Gasteiger charge is 2.07. The number of rotatable bonds is 5. The van der Waals surface area contributed by atoms with Gasteiger partial charge in [0.15, 0.2) is 0 Å². The molecule has 3 nitrogen and oxygen atoms in total. The van der Waals surface area contributed by atoms with Gasteiger partial charge in [-0.15, -0.1) is 0 Å². The lowest BCUT2D eigenvalue weighted by Gasteiger charge is -2.12. The summed E-state index contributed by atoms with van der Waals surface area (Å²) in [5.74, 6) is 0.0773. The van der Waals surface area contributed by atoms with Crippen molar-refractivity contribution in [1.82, 2.24) is 0 Å². The van der Waals surface area contributed by atoms with E-state index in [1.807, 2.05) is 13.8 Å². The topological polar surface area (TPSA) is 55.1 Å². The first kappa shape index (κ1) is 13.7. The van der Waals surface area contributed by atoms with Crippen LogP contribution in [0.5, 0.6) is 0 Å². The molecule has 94 valence electrons. The van der Waals surface area contributed by atoms with E-state index in [1.54, 1.807) is 0 Å². The number of anilines is 1. The Balaban J connectivity index is 2.65. The molecule has 0 unspecified atom stereocenters. The highest BCUT2D eigenvalue weighted by Crippen LogP contribution is 2.22. The first-order valence-electron chi connectivity index (χ1n) is 6.12. The largest absolute Gasteiger partial charge is 0.330 e. The van der Waals surface area contributed by atoms with E-state index in [-0.39, 0.29) is 5.91 Å². The Kier molecular flexibility index (Phi) is 5.16. The first-order chi connectivity index (χ1) is 8.04. The van der Waals surface area contributed by atoms with Crippen molar-refractivity contribution in [2.24, 2.45) is 5.73 Å². The van der Waals surface area contributed by atoms with Crippen molar-refractivity contribution in [2.75, 3.05) is 11.9 Å². The predicted molar refractivity (Wildman–Crippen MR) is 72.2 cm³/mol. The van der Waals surface area contributed by atoms with Crippen molar-refractivity contribution in [1.29, 1.82) is 0 Å². The van der Waals surface area contributed by atoms with Gasteiger partial charge in [0.25, 0.3) is 0 Å². The fourth-order valence-electron chi connectivity index (χ4n) is 2.01. The smallest absolute Gasteiger partial charge is 0.224 e. The lowest BCUT2D eigenvalue weighted by molar-refractivity contribution is -0.116. The van der Waals surface area contributed by atoms with Gasteiger partial charge >= 0.3 is 0 Å². The SMILES string of the molecule is Cc1cc(C)c(NC(=O)CCCCN)c(C)c1. The quantitative estimate of drug-likeness (QED) is 0.770. The first-order valence-corrected chi connectivity index (χ1v) is 6.12. The summed E-state index contributed by atoms with van der Waals surface area (Å²) in [6.07, 6.45) is 2.30. The highest BCUT2D eigenvalue weighted by molar-refractivity contribution is 5.92. The fraction of sp³-hybridized carbons (Fsp3) is 0.500. The molecule has 0 saturated carbocycles. The number of unbranched alkanes of at least 4 members (excludes halogenated alkanes) is 1.